The summed E-state index contributed by atoms with van der Waals surface area (Å²) >= 11 is 7.13. The highest BCUT2D eigenvalue weighted by Gasteiger charge is 2.16. The maximum absolute atomic E-state index is 3.58. The minimum absolute atomic E-state index is 0.386. The molecule has 0 aliphatic heterocycles. The molecule has 0 amide bonds. The van der Waals surface area contributed by atoms with E-state index in [0.717, 1.165) is 15.5 Å². The molecule has 18 heavy (non-hydrogen) atoms. The molecular weight excluding hydrogens is 354 g/mol. The van der Waals surface area contributed by atoms with Crippen molar-refractivity contribution in [2.75, 3.05) is 6.54 Å². The highest BCUT2D eigenvalue weighted by Crippen LogP contribution is 2.30. The normalized spacial score (nSPS) is 13.7. The van der Waals surface area contributed by atoms with Crippen molar-refractivity contribution >= 4 is 31.9 Å². The van der Waals surface area contributed by atoms with Gasteiger partial charge in [0.25, 0.3) is 0 Å². The van der Waals surface area contributed by atoms with E-state index < -0.39 is 0 Å². The summed E-state index contributed by atoms with van der Waals surface area (Å²) in [6, 6.07) is 6.93. The fraction of sp³-hybridized carbons (Fsp3) is 0.600. The zero-order chi connectivity index (χ0) is 13.8. The zero-order valence-corrected chi connectivity index (χ0v) is 14.9. The molecule has 0 radical (unpaired) electrons. The molecule has 0 heterocycles. The smallest absolute Gasteiger partial charge is 0.0321 e. The predicted octanol–water partition coefficient (Wildman–Crippen LogP) is 5.69. The van der Waals surface area contributed by atoms with E-state index in [0.29, 0.717) is 11.5 Å². The molecule has 1 rings (SSSR count). The average molecular weight is 377 g/mol. The molecule has 1 N–H and O–H groups in total. The van der Waals surface area contributed by atoms with Gasteiger partial charge in [-0.1, -0.05) is 59.6 Å². The summed E-state index contributed by atoms with van der Waals surface area (Å²) in [5.41, 5.74) is 1.74. The first-order valence-corrected chi connectivity index (χ1v) is 8.10. The summed E-state index contributed by atoms with van der Waals surface area (Å²) in [5, 5.41) is 3.58. The van der Waals surface area contributed by atoms with Crippen molar-refractivity contribution in [3.63, 3.8) is 0 Å². The van der Waals surface area contributed by atoms with Crippen LogP contribution in [0, 0.1) is 5.41 Å². The van der Waals surface area contributed by atoms with Crippen molar-refractivity contribution in [3.8, 4) is 0 Å². The van der Waals surface area contributed by atoms with Gasteiger partial charge in [0.1, 0.15) is 0 Å². The molecule has 1 unspecified atom stereocenters. The number of hydrogen-bond acceptors (Lipinski definition) is 1. The first-order chi connectivity index (χ1) is 8.31. The van der Waals surface area contributed by atoms with Crippen LogP contribution in [0.15, 0.2) is 27.1 Å². The SMILES string of the molecule is CCNC(CCC(C)(C)C)c1cc(Br)cc(Br)c1. The maximum atomic E-state index is 3.58. The van der Waals surface area contributed by atoms with Gasteiger partial charge in [0, 0.05) is 15.0 Å². The third-order valence-electron chi connectivity index (χ3n) is 2.92. The molecule has 0 aliphatic carbocycles. The van der Waals surface area contributed by atoms with Gasteiger partial charge in [0.05, 0.1) is 0 Å². The molecular formula is C15H23Br2N. The average Bonchev–Trinajstić information content (AvgIpc) is 2.21. The molecule has 3 heteroatoms. The van der Waals surface area contributed by atoms with E-state index in [1.165, 1.54) is 18.4 Å². The van der Waals surface area contributed by atoms with E-state index in [4.69, 9.17) is 0 Å². The van der Waals surface area contributed by atoms with Crippen molar-refractivity contribution in [2.45, 2.75) is 46.6 Å². The predicted molar refractivity (Wildman–Crippen MR) is 86.9 cm³/mol. The van der Waals surface area contributed by atoms with Crippen molar-refractivity contribution in [1.82, 2.24) is 5.32 Å². The highest BCUT2D eigenvalue weighted by atomic mass is 79.9. The number of rotatable bonds is 5. The Labute approximate surface area is 128 Å². The Kier molecular flexibility index (Phi) is 6.36. The number of nitrogens with one attached hydrogen (secondary N) is 1. The Bertz CT molecular complexity index is 362. The van der Waals surface area contributed by atoms with Gasteiger partial charge < -0.3 is 5.32 Å². The number of halogens is 2. The Hall–Kier alpha value is 0.140. The fourth-order valence-corrected chi connectivity index (χ4v) is 3.32. The third-order valence-corrected chi connectivity index (χ3v) is 3.84. The first kappa shape index (κ1) is 16.2. The second kappa shape index (κ2) is 7.06. The molecule has 0 fully saturated rings. The largest absolute Gasteiger partial charge is 0.310 e. The van der Waals surface area contributed by atoms with Crippen molar-refractivity contribution in [2.24, 2.45) is 5.41 Å². The Balaban J connectivity index is 2.83. The van der Waals surface area contributed by atoms with Crippen LogP contribution in [0.2, 0.25) is 0 Å². The van der Waals surface area contributed by atoms with Gasteiger partial charge in [-0.15, -0.1) is 0 Å². The highest BCUT2D eigenvalue weighted by molar-refractivity contribution is 9.11. The van der Waals surface area contributed by atoms with Crippen molar-refractivity contribution in [1.29, 1.82) is 0 Å². The second-order valence-corrected chi connectivity index (χ2v) is 7.74. The minimum atomic E-state index is 0.386. The molecule has 0 bridgehead atoms. The quantitative estimate of drug-likeness (QED) is 0.695. The molecule has 1 atom stereocenters. The molecule has 0 aliphatic rings. The molecule has 0 saturated heterocycles. The molecule has 1 aromatic rings. The summed E-state index contributed by atoms with van der Waals surface area (Å²) in [7, 11) is 0. The first-order valence-electron chi connectivity index (χ1n) is 6.51. The molecule has 102 valence electrons. The van der Waals surface area contributed by atoms with E-state index in [1.54, 1.807) is 0 Å². The fourth-order valence-electron chi connectivity index (χ4n) is 1.99. The van der Waals surface area contributed by atoms with E-state index >= 15 is 0 Å². The summed E-state index contributed by atoms with van der Waals surface area (Å²) in [5.74, 6) is 0. The van der Waals surface area contributed by atoms with Crippen LogP contribution in [0.5, 0.6) is 0 Å². The summed E-state index contributed by atoms with van der Waals surface area (Å²) in [4.78, 5) is 0. The molecule has 0 aromatic heterocycles. The van der Waals surface area contributed by atoms with Crippen LogP contribution in [-0.2, 0) is 0 Å². The van der Waals surface area contributed by atoms with Crippen LogP contribution >= 0.6 is 31.9 Å². The summed E-state index contributed by atoms with van der Waals surface area (Å²) in [6.45, 7) is 10.1. The Morgan fingerprint density at radius 1 is 1.11 bits per heavy atom. The van der Waals surface area contributed by atoms with Crippen LogP contribution in [-0.4, -0.2) is 6.54 Å². The van der Waals surface area contributed by atoms with Gasteiger partial charge in [-0.05, 0) is 48.6 Å². The zero-order valence-electron chi connectivity index (χ0n) is 11.7. The van der Waals surface area contributed by atoms with E-state index in [-0.39, 0.29) is 0 Å². The van der Waals surface area contributed by atoms with Gasteiger partial charge in [0.15, 0.2) is 0 Å². The Morgan fingerprint density at radius 3 is 2.11 bits per heavy atom. The topological polar surface area (TPSA) is 12.0 Å². The van der Waals surface area contributed by atoms with Crippen LogP contribution in [0.4, 0.5) is 0 Å². The molecule has 1 aromatic carbocycles. The minimum Gasteiger partial charge on any atom is -0.310 e. The Morgan fingerprint density at radius 2 is 1.67 bits per heavy atom. The molecule has 0 saturated carbocycles. The van der Waals surface area contributed by atoms with Gasteiger partial charge in [-0.2, -0.15) is 0 Å². The number of hydrogen-bond donors (Lipinski definition) is 1. The van der Waals surface area contributed by atoms with Crippen molar-refractivity contribution in [3.05, 3.63) is 32.7 Å². The van der Waals surface area contributed by atoms with Gasteiger partial charge in [-0.25, -0.2) is 0 Å². The summed E-state index contributed by atoms with van der Waals surface area (Å²) in [6.07, 6.45) is 2.38. The lowest BCUT2D eigenvalue weighted by Gasteiger charge is -2.24. The van der Waals surface area contributed by atoms with E-state index in [1.807, 2.05) is 0 Å². The van der Waals surface area contributed by atoms with Crippen LogP contribution in [0.3, 0.4) is 0 Å². The monoisotopic (exact) mass is 375 g/mol. The second-order valence-electron chi connectivity index (χ2n) is 5.91. The van der Waals surface area contributed by atoms with Crippen LogP contribution in [0.25, 0.3) is 0 Å². The third kappa shape index (κ3) is 5.85. The lowest BCUT2D eigenvalue weighted by atomic mass is 9.87. The van der Waals surface area contributed by atoms with Crippen LogP contribution < -0.4 is 5.32 Å². The number of benzene rings is 1. The maximum Gasteiger partial charge on any atom is 0.0321 e. The van der Waals surface area contributed by atoms with Gasteiger partial charge >= 0.3 is 0 Å². The molecule has 0 spiro atoms. The van der Waals surface area contributed by atoms with E-state index in [9.17, 15) is 0 Å². The van der Waals surface area contributed by atoms with E-state index in [2.05, 4.69) is 83.1 Å². The van der Waals surface area contributed by atoms with Gasteiger partial charge in [-0.3, -0.25) is 0 Å². The standard InChI is InChI=1S/C15H23Br2N/c1-5-18-14(6-7-15(2,3)4)11-8-12(16)10-13(17)9-11/h8-10,14,18H,5-7H2,1-4H3. The van der Waals surface area contributed by atoms with Crippen molar-refractivity contribution < 1.29 is 0 Å². The lowest BCUT2D eigenvalue weighted by Crippen LogP contribution is -2.22. The summed E-state index contributed by atoms with van der Waals surface area (Å²) < 4.78 is 2.26. The molecule has 1 nitrogen and oxygen atoms in total. The van der Waals surface area contributed by atoms with Gasteiger partial charge in [0.2, 0.25) is 0 Å². The van der Waals surface area contributed by atoms with Crippen LogP contribution in [0.1, 0.15) is 52.1 Å². The lowest BCUT2D eigenvalue weighted by molar-refractivity contribution is 0.334.